The monoisotopic (exact) mass is 198 g/mol. The summed E-state index contributed by atoms with van der Waals surface area (Å²) in [5, 5.41) is 8.34. The number of aliphatic carboxylic acids is 1. The first-order valence-electron chi connectivity index (χ1n) is 4.28. The number of benzene rings is 1. The Morgan fingerprint density at radius 3 is 2.57 bits per heavy atom. The molecule has 0 amide bonds. The van der Waals surface area contributed by atoms with E-state index < -0.39 is 5.97 Å². The standard InChI is InChI=1S/C10H11FO3/c11-8-3-5-9(6-4-8)14-7-1-2-10(12)13/h3-6H,1-2,7H2,(H,12,13). The summed E-state index contributed by atoms with van der Waals surface area (Å²) >= 11 is 0. The molecule has 4 heteroatoms. The number of hydrogen-bond acceptors (Lipinski definition) is 2. The second-order valence-electron chi connectivity index (χ2n) is 2.80. The normalized spacial score (nSPS) is 9.79. The van der Waals surface area contributed by atoms with Gasteiger partial charge in [0, 0.05) is 6.42 Å². The predicted molar refractivity (Wildman–Crippen MR) is 48.8 cm³/mol. The van der Waals surface area contributed by atoms with Crippen molar-refractivity contribution in [3.63, 3.8) is 0 Å². The van der Waals surface area contributed by atoms with Gasteiger partial charge >= 0.3 is 5.97 Å². The van der Waals surface area contributed by atoms with Crippen LogP contribution in [-0.4, -0.2) is 17.7 Å². The third-order valence-electron chi connectivity index (χ3n) is 1.62. The Balaban J connectivity index is 2.25. The summed E-state index contributed by atoms with van der Waals surface area (Å²) in [6, 6.07) is 5.62. The number of ether oxygens (including phenoxy) is 1. The van der Waals surface area contributed by atoms with Crippen LogP contribution in [0.3, 0.4) is 0 Å². The molecule has 0 spiro atoms. The molecule has 1 aromatic carbocycles. The smallest absolute Gasteiger partial charge is 0.303 e. The van der Waals surface area contributed by atoms with Crippen molar-refractivity contribution in [2.75, 3.05) is 6.61 Å². The molecule has 1 rings (SSSR count). The molecule has 76 valence electrons. The van der Waals surface area contributed by atoms with Crippen LogP contribution in [0, 0.1) is 5.82 Å². The molecule has 0 radical (unpaired) electrons. The molecule has 0 aromatic heterocycles. The van der Waals surface area contributed by atoms with Gasteiger partial charge in [-0.15, -0.1) is 0 Å². The van der Waals surface area contributed by atoms with Crippen LogP contribution in [0.2, 0.25) is 0 Å². The van der Waals surface area contributed by atoms with Gasteiger partial charge < -0.3 is 9.84 Å². The molecular formula is C10H11FO3. The summed E-state index contributed by atoms with van der Waals surface area (Å²) < 4.78 is 17.6. The predicted octanol–water partition coefficient (Wildman–Crippen LogP) is 2.07. The molecule has 0 aliphatic rings. The van der Waals surface area contributed by atoms with E-state index in [1.54, 1.807) is 0 Å². The van der Waals surface area contributed by atoms with Crippen LogP contribution in [0.15, 0.2) is 24.3 Å². The van der Waals surface area contributed by atoms with Gasteiger partial charge in [0.25, 0.3) is 0 Å². The summed E-state index contributed by atoms with van der Waals surface area (Å²) in [5.41, 5.74) is 0. The summed E-state index contributed by atoms with van der Waals surface area (Å²) in [5.74, 6) is -0.604. The van der Waals surface area contributed by atoms with Crippen LogP contribution in [-0.2, 0) is 4.79 Å². The first-order valence-corrected chi connectivity index (χ1v) is 4.28. The van der Waals surface area contributed by atoms with Gasteiger partial charge in [-0.3, -0.25) is 4.79 Å². The molecule has 0 saturated heterocycles. The number of halogens is 1. The van der Waals surface area contributed by atoms with Gasteiger partial charge in [-0.1, -0.05) is 0 Å². The zero-order chi connectivity index (χ0) is 10.4. The maximum Gasteiger partial charge on any atom is 0.303 e. The minimum absolute atomic E-state index is 0.0845. The molecule has 0 unspecified atom stereocenters. The van der Waals surface area contributed by atoms with Gasteiger partial charge in [0.05, 0.1) is 6.61 Å². The van der Waals surface area contributed by atoms with Crippen molar-refractivity contribution in [2.24, 2.45) is 0 Å². The highest BCUT2D eigenvalue weighted by molar-refractivity contribution is 5.66. The fraction of sp³-hybridized carbons (Fsp3) is 0.300. The molecule has 0 bridgehead atoms. The zero-order valence-corrected chi connectivity index (χ0v) is 7.57. The van der Waals surface area contributed by atoms with Crippen molar-refractivity contribution in [1.29, 1.82) is 0 Å². The number of carboxylic acids is 1. The van der Waals surface area contributed by atoms with Gasteiger partial charge in [0.15, 0.2) is 0 Å². The van der Waals surface area contributed by atoms with Crippen LogP contribution in [0.1, 0.15) is 12.8 Å². The lowest BCUT2D eigenvalue weighted by molar-refractivity contribution is -0.137. The van der Waals surface area contributed by atoms with E-state index in [1.165, 1.54) is 24.3 Å². The number of carboxylic acid groups (broad SMARTS) is 1. The van der Waals surface area contributed by atoms with Gasteiger partial charge in [-0.25, -0.2) is 4.39 Å². The van der Waals surface area contributed by atoms with Crippen molar-refractivity contribution in [2.45, 2.75) is 12.8 Å². The Kier molecular flexibility index (Phi) is 3.91. The van der Waals surface area contributed by atoms with E-state index in [9.17, 15) is 9.18 Å². The van der Waals surface area contributed by atoms with E-state index in [-0.39, 0.29) is 12.2 Å². The summed E-state index contributed by atoms with van der Waals surface area (Å²) in [4.78, 5) is 10.2. The zero-order valence-electron chi connectivity index (χ0n) is 7.57. The van der Waals surface area contributed by atoms with E-state index in [0.29, 0.717) is 18.8 Å². The maximum atomic E-state index is 12.4. The van der Waals surface area contributed by atoms with Gasteiger partial charge in [0.2, 0.25) is 0 Å². The Hall–Kier alpha value is -1.58. The van der Waals surface area contributed by atoms with Crippen LogP contribution in [0.4, 0.5) is 4.39 Å². The van der Waals surface area contributed by atoms with Crippen molar-refractivity contribution >= 4 is 5.97 Å². The molecule has 0 aliphatic heterocycles. The number of hydrogen-bond donors (Lipinski definition) is 1. The molecule has 14 heavy (non-hydrogen) atoms. The molecule has 0 aliphatic carbocycles. The lowest BCUT2D eigenvalue weighted by Crippen LogP contribution is -2.01. The highest BCUT2D eigenvalue weighted by Gasteiger charge is 1.97. The molecule has 1 N–H and O–H groups in total. The van der Waals surface area contributed by atoms with Crippen LogP contribution >= 0.6 is 0 Å². The lowest BCUT2D eigenvalue weighted by atomic mass is 10.3. The van der Waals surface area contributed by atoms with E-state index >= 15 is 0 Å². The highest BCUT2D eigenvalue weighted by Crippen LogP contribution is 2.11. The molecular weight excluding hydrogens is 187 g/mol. The largest absolute Gasteiger partial charge is 0.494 e. The minimum atomic E-state index is -0.840. The maximum absolute atomic E-state index is 12.4. The molecule has 1 aromatic rings. The fourth-order valence-electron chi connectivity index (χ4n) is 0.944. The Morgan fingerprint density at radius 1 is 1.36 bits per heavy atom. The Bertz CT molecular complexity index is 295. The highest BCUT2D eigenvalue weighted by atomic mass is 19.1. The third-order valence-corrected chi connectivity index (χ3v) is 1.62. The first kappa shape index (κ1) is 10.5. The van der Waals surface area contributed by atoms with Crippen LogP contribution < -0.4 is 4.74 Å². The van der Waals surface area contributed by atoms with Gasteiger partial charge in [-0.05, 0) is 30.7 Å². The first-order chi connectivity index (χ1) is 6.68. The van der Waals surface area contributed by atoms with E-state index in [0.717, 1.165) is 0 Å². The topological polar surface area (TPSA) is 46.5 Å². The van der Waals surface area contributed by atoms with Gasteiger partial charge in [-0.2, -0.15) is 0 Å². The summed E-state index contributed by atoms with van der Waals surface area (Å²) in [6.45, 7) is 0.331. The van der Waals surface area contributed by atoms with Crippen molar-refractivity contribution in [3.05, 3.63) is 30.1 Å². The van der Waals surface area contributed by atoms with E-state index in [4.69, 9.17) is 9.84 Å². The van der Waals surface area contributed by atoms with Crippen molar-refractivity contribution in [3.8, 4) is 5.75 Å². The molecule has 0 saturated carbocycles. The van der Waals surface area contributed by atoms with Crippen molar-refractivity contribution in [1.82, 2.24) is 0 Å². The number of carbonyl (C=O) groups is 1. The Morgan fingerprint density at radius 2 is 2.00 bits per heavy atom. The second-order valence-corrected chi connectivity index (χ2v) is 2.80. The quantitative estimate of drug-likeness (QED) is 0.736. The number of rotatable bonds is 5. The fourth-order valence-corrected chi connectivity index (χ4v) is 0.944. The Labute approximate surface area is 81.1 Å². The van der Waals surface area contributed by atoms with Crippen molar-refractivity contribution < 1.29 is 19.0 Å². The molecule has 0 heterocycles. The average Bonchev–Trinajstić information content (AvgIpc) is 2.15. The SMILES string of the molecule is O=C(O)CCCOc1ccc(F)cc1. The van der Waals surface area contributed by atoms with E-state index in [1.807, 2.05) is 0 Å². The summed E-state index contributed by atoms with van der Waals surface area (Å²) in [6.07, 6.45) is 0.536. The molecule has 0 fully saturated rings. The second kappa shape index (κ2) is 5.21. The van der Waals surface area contributed by atoms with Crippen LogP contribution in [0.5, 0.6) is 5.75 Å². The summed E-state index contributed by atoms with van der Waals surface area (Å²) in [7, 11) is 0. The van der Waals surface area contributed by atoms with E-state index in [2.05, 4.69) is 0 Å². The molecule has 3 nitrogen and oxygen atoms in total. The van der Waals surface area contributed by atoms with Gasteiger partial charge in [0.1, 0.15) is 11.6 Å². The molecule has 0 atom stereocenters. The van der Waals surface area contributed by atoms with Crippen LogP contribution in [0.25, 0.3) is 0 Å². The average molecular weight is 198 g/mol. The third kappa shape index (κ3) is 3.89. The minimum Gasteiger partial charge on any atom is -0.494 e. The lowest BCUT2D eigenvalue weighted by Gasteiger charge is -2.04.